The summed E-state index contributed by atoms with van der Waals surface area (Å²) in [6, 6.07) is 5.34. The van der Waals surface area contributed by atoms with E-state index in [0.29, 0.717) is 18.9 Å². The van der Waals surface area contributed by atoms with Crippen LogP contribution in [0.15, 0.2) is 30.6 Å². The number of alkyl carbamates (subject to hydrolysis) is 1. The summed E-state index contributed by atoms with van der Waals surface area (Å²) in [6.07, 6.45) is 5.07. The lowest BCUT2D eigenvalue weighted by atomic mass is 9.98. The predicted octanol–water partition coefficient (Wildman–Crippen LogP) is 3.39. The summed E-state index contributed by atoms with van der Waals surface area (Å²) < 4.78 is 11.2. The van der Waals surface area contributed by atoms with Crippen LogP contribution in [0.2, 0.25) is 0 Å². The van der Waals surface area contributed by atoms with Crippen molar-refractivity contribution in [2.24, 2.45) is 5.92 Å². The second-order valence-electron chi connectivity index (χ2n) is 9.26. The van der Waals surface area contributed by atoms with Crippen molar-refractivity contribution in [3.63, 3.8) is 0 Å². The molecule has 9 heteroatoms. The summed E-state index contributed by atoms with van der Waals surface area (Å²) >= 11 is 0. The SMILES string of the molecule is C[C@@H](CC(=O)N1CCC[C@@H](COc2ccc(-c3ccn[nH]3)nc2)C1)NC(=O)OC(C)(C)C. The monoisotopic (exact) mass is 443 g/mol. The Morgan fingerprint density at radius 1 is 1.31 bits per heavy atom. The Bertz CT molecular complexity index is 877. The van der Waals surface area contributed by atoms with E-state index in [4.69, 9.17) is 9.47 Å². The average molecular weight is 444 g/mol. The highest BCUT2D eigenvalue weighted by Gasteiger charge is 2.26. The molecule has 0 saturated carbocycles. The maximum absolute atomic E-state index is 12.7. The van der Waals surface area contributed by atoms with E-state index in [1.165, 1.54) is 0 Å². The first-order valence-electron chi connectivity index (χ1n) is 11.1. The number of aromatic amines is 1. The molecule has 1 fully saturated rings. The van der Waals surface area contributed by atoms with Gasteiger partial charge in [-0.05, 0) is 58.7 Å². The normalized spacial score (nSPS) is 17.5. The third-order valence-corrected chi connectivity index (χ3v) is 5.11. The number of pyridine rings is 1. The van der Waals surface area contributed by atoms with E-state index in [1.807, 2.05) is 50.8 Å². The van der Waals surface area contributed by atoms with Crippen LogP contribution in [0.3, 0.4) is 0 Å². The smallest absolute Gasteiger partial charge is 0.407 e. The summed E-state index contributed by atoms with van der Waals surface area (Å²) in [5.74, 6) is 0.991. The molecule has 0 aliphatic carbocycles. The number of carbonyl (C=O) groups is 2. The highest BCUT2D eigenvalue weighted by atomic mass is 16.6. The number of hydrogen-bond donors (Lipinski definition) is 2. The molecule has 2 N–H and O–H groups in total. The van der Waals surface area contributed by atoms with Crippen LogP contribution >= 0.6 is 0 Å². The van der Waals surface area contributed by atoms with Gasteiger partial charge in [-0.25, -0.2) is 4.79 Å². The van der Waals surface area contributed by atoms with Crippen molar-refractivity contribution < 1.29 is 19.1 Å². The number of hydrogen-bond acceptors (Lipinski definition) is 6. The Labute approximate surface area is 188 Å². The lowest BCUT2D eigenvalue weighted by Crippen LogP contribution is -2.45. The maximum atomic E-state index is 12.7. The zero-order valence-electron chi connectivity index (χ0n) is 19.3. The first-order chi connectivity index (χ1) is 15.2. The van der Waals surface area contributed by atoms with Gasteiger partial charge >= 0.3 is 6.09 Å². The van der Waals surface area contributed by atoms with Gasteiger partial charge in [0.1, 0.15) is 11.4 Å². The molecule has 0 spiro atoms. The van der Waals surface area contributed by atoms with Gasteiger partial charge in [0, 0.05) is 37.7 Å². The van der Waals surface area contributed by atoms with E-state index in [0.717, 1.165) is 30.8 Å². The lowest BCUT2D eigenvalue weighted by Gasteiger charge is -2.33. The van der Waals surface area contributed by atoms with Crippen molar-refractivity contribution in [1.29, 1.82) is 0 Å². The molecule has 1 aliphatic heterocycles. The minimum absolute atomic E-state index is 0.0313. The third kappa shape index (κ3) is 7.25. The molecule has 2 aromatic heterocycles. The molecule has 9 nitrogen and oxygen atoms in total. The summed E-state index contributed by atoms with van der Waals surface area (Å²) in [7, 11) is 0. The van der Waals surface area contributed by atoms with Gasteiger partial charge in [-0.3, -0.25) is 14.9 Å². The van der Waals surface area contributed by atoms with E-state index in [2.05, 4.69) is 20.5 Å². The van der Waals surface area contributed by atoms with E-state index in [9.17, 15) is 9.59 Å². The molecule has 2 aromatic rings. The van der Waals surface area contributed by atoms with Crippen LogP contribution in [-0.4, -0.2) is 63.4 Å². The van der Waals surface area contributed by atoms with Crippen LogP contribution in [0.1, 0.15) is 47.0 Å². The number of rotatable bonds is 7. The molecule has 2 atom stereocenters. The van der Waals surface area contributed by atoms with Gasteiger partial charge in [0.15, 0.2) is 0 Å². The van der Waals surface area contributed by atoms with Crippen molar-refractivity contribution in [1.82, 2.24) is 25.4 Å². The Kier molecular flexibility index (Phi) is 7.71. The van der Waals surface area contributed by atoms with Crippen LogP contribution in [-0.2, 0) is 9.53 Å². The number of nitrogens with zero attached hydrogens (tertiary/aromatic N) is 3. The Hall–Kier alpha value is -3.10. The number of carbonyl (C=O) groups excluding carboxylic acids is 2. The summed E-state index contributed by atoms with van der Waals surface area (Å²) in [6.45, 7) is 9.14. The number of aromatic nitrogens is 3. The molecule has 1 saturated heterocycles. The maximum Gasteiger partial charge on any atom is 0.407 e. The number of H-pyrrole nitrogens is 1. The van der Waals surface area contributed by atoms with Crippen LogP contribution in [0.4, 0.5) is 4.79 Å². The molecule has 3 rings (SSSR count). The molecule has 0 bridgehead atoms. The summed E-state index contributed by atoms with van der Waals surface area (Å²) in [4.78, 5) is 30.9. The first kappa shape index (κ1) is 23.6. The molecular weight excluding hydrogens is 410 g/mol. The fraction of sp³-hybridized carbons (Fsp3) is 0.565. The number of likely N-dealkylation sites (tertiary alicyclic amines) is 1. The summed E-state index contributed by atoms with van der Waals surface area (Å²) in [5, 5.41) is 9.55. The highest BCUT2D eigenvalue weighted by molar-refractivity contribution is 5.78. The summed E-state index contributed by atoms with van der Waals surface area (Å²) in [5.41, 5.74) is 1.09. The minimum atomic E-state index is -0.567. The van der Waals surface area contributed by atoms with Gasteiger partial charge in [0.2, 0.25) is 5.91 Å². The zero-order chi connectivity index (χ0) is 23.1. The van der Waals surface area contributed by atoms with Gasteiger partial charge in [-0.1, -0.05) is 0 Å². The van der Waals surface area contributed by atoms with Gasteiger partial charge < -0.3 is 19.7 Å². The van der Waals surface area contributed by atoms with Gasteiger partial charge in [0.05, 0.1) is 24.2 Å². The van der Waals surface area contributed by atoms with Crippen molar-refractivity contribution >= 4 is 12.0 Å². The van der Waals surface area contributed by atoms with Crippen LogP contribution in [0.25, 0.3) is 11.4 Å². The molecule has 0 radical (unpaired) electrons. The number of nitrogens with one attached hydrogen (secondary N) is 2. The van der Waals surface area contributed by atoms with Crippen molar-refractivity contribution in [3.8, 4) is 17.1 Å². The Morgan fingerprint density at radius 3 is 2.78 bits per heavy atom. The van der Waals surface area contributed by atoms with Gasteiger partial charge in [0.25, 0.3) is 0 Å². The van der Waals surface area contributed by atoms with Crippen molar-refractivity contribution in [2.45, 2.75) is 58.6 Å². The third-order valence-electron chi connectivity index (χ3n) is 5.11. The molecule has 3 heterocycles. The first-order valence-corrected chi connectivity index (χ1v) is 11.1. The van der Waals surface area contributed by atoms with Crippen LogP contribution in [0, 0.1) is 5.92 Å². The largest absolute Gasteiger partial charge is 0.492 e. The fourth-order valence-electron chi connectivity index (χ4n) is 3.62. The molecule has 174 valence electrons. The molecule has 0 aromatic carbocycles. The Morgan fingerprint density at radius 2 is 2.12 bits per heavy atom. The second-order valence-corrected chi connectivity index (χ2v) is 9.26. The molecular formula is C23H33N5O4. The second kappa shape index (κ2) is 10.5. The Balaban J connectivity index is 1.43. The minimum Gasteiger partial charge on any atom is -0.492 e. The van der Waals surface area contributed by atoms with E-state index < -0.39 is 11.7 Å². The molecule has 0 unspecified atom stereocenters. The lowest BCUT2D eigenvalue weighted by molar-refractivity contribution is -0.133. The van der Waals surface area contributed by atoms with Crippen molar-refractivity contribution in [2.75, 3.05) is 19.7 Å². The quantitative estimate of drug-likeness (QED) is 0.679. The number of ether oxygens (including phenoxy) is 2. The topological polar surface area (TPSA) is 109 Å². The van der Waals surface area contributed by atoms with E-state index in [1.54, 1.807) is 12.4 Å². The van der Waals surface area contributed by atoms with E-state index in [-0.39, 0.29) is 24.3 Å². The number of amides is 2. The fourth-order valence-corrected chi connectivity index (χ4v) is 3.62. The molecule has 2 amide bonds. The average Bonchev–Trinajstić information content (AvgIpc) is 3.26. The highest BCUT2D eigenvalue weighted by Crippen LogP contribution is 2.21. The molecule has 1 aliphatic rings. The van der Waals surface area contributed by atoms with Crippen LogP contribution < -0.4 is 10.1 Å². The van der Waals surface area contributed by atoms with Gasteiger partial charge in [-0.15, -0.1) is 0 Å². The van der Waals surface area contributed by atoms with Gasteiger partial charge in [-0.2, -0.15) is 5.10 Å². The van der Waals surface area contributed by atoms with Crippen molar-refractivity contribution in [3.05, 3.63) is 30.6 Å². The zero-order valence-corrected chi connectivity index (χ0v) is 19.3. The van der Waals surface area contributed by atoms with Crippen LogP contribution in [0.5, 0.6) is 5.75 Å². The molecule has 32 heavy (non-hydrogen) atoms. The number of piperidine rings is 1. The predicted molar refractivity (Wildman–Crippen MR) is 120 cm³/mol. The standard InChI is InChI=1S/C23H33N5O4/c1-16(26-22(30)32-23(2,3)4)12-21(29)28-11-5-6-17(14-28)15-31-18-7-8-19(24-13-18)20-9-10-25-27-20/h7-10,13,16-17H,5-6,11-12,14-15H2,1-4H3,(H,25,27)(H,26,30)/t16-,17+/m0/s1. The van der Waals surface area contributed by atoms with E-state index >= 15 is 0 Å².